The van der Waals surface area contributed by atoms with E-state index >= 15 is 0 Å². The highest BCUT2D eigenvalue weighted by Gasteiger charge is 2.30. The van der Waals surface area contributed by atoms with Crippen LogP contribution in [0.2, 0.25) is 0 Å². The highest BCUT2D eigenvalue weighted by Crippen LogP contribution is 2.57. The van der Waals surface area contributed by atoms with E-state index in [9.17, 15) is 5.26 Å². The second-order valence-electron chi connectivity index (χ2n) is 12.4. The lowest BCUT2D eigenvalue weighted by atomic mass is 9.82. The van der Waals surface area contributed by atoms with Gasteiger partial charge >= 0.3 is 0 Å². The fourth-order valence-electron chi connectivity index (χ4n) is 7.47. The van der Waals surface area contributed by atoms with Crippen LogP contribution < -0.4 is 0 Å². The molecule has 0 bridgehead atoms. The van der Waals surface area contributed by atoms with Gasteiger partial charge in [0.2, 0.25) is 0 Å². The Labute approximate surface area is 280 Å². The minimum absolute atomic E-state index is 0.654. The highest BCUT2D eigenvalue weighted by molar-refractivity contribution is 6.22. The van der Waals surface area contributed by atoms with Crippen LogP contribution in [0.4, 0.5) is 0 Å². The molecule has 0 heterocycles. The van der Waals surface area contributed by atoms with Crippen molar-refractivity contribution in [2.75, 3.05) is 0 Å². The van der Waals surface area contributed by atoms with Crippen molar-refractivity contribution in [2.45, 2.75) is 0 Å². The van der Waals surface area contributed by atoms with Crippen molar-refractivity contribution in [3.63, 3.8) is 0 Å². The largest absolute Gasteiger partial charge is 0.192 e. The van der Waals surface area contributed by atoms with Gasteiger partial charge in [0.05, 0.1) is 11.6 Å². The minimum atomic E-state index is 0.654. The average Bonchev–Trinajstić information content (AvgIpc) is 3.51. The molecule has 0 saturated heterocycles. The van der Waals surface area contributed by atoms with Crippen molar-refractivity contribution in [3.05, 3.63) is 181 Å². The summed E-state index contributed by atoms with van der Waals surface area (Å²) >= 11 is 0. The van der Waals surface area contributed by atoms with E-state index in [-0.39, 0.29) is 0 Å². The van der Waals surface area contributed by atoms with E-state index in [1.807, 2.05) is 30.3 Å². The summed E-state index contributed by atoms with van der Waals surface area (Å²) < 4.78 is 0. The molecule has 0 spiro atoms. The Hall–Kier alpha value is -6.49. The molecule has 9 rings (SSSR count). The Bertz CT molecular complexity index is 2520. The maximum Gasteiger partial charge on any atom is 0.0992 e. The molecule has 0 atom stereocenters. The van der Waals surface area contributed by atoms with Crippen LogP contribution in [-0.2, 0) is 0 Å². The number of hydrogen-bond acceptors (Lipinski definition) is 1. The fourth-order valence-corrected chi connectivity index (χ4v) is 7.47. The third-order valence-corrected chi connectivity index (χ3v) is 9.62. The van der Waals surface area contributed by atoms with Crippen LogP contribution in [0, 0.1) is 11.3 Å². The molecule has 48 heavy (non-hydrogen) atoms. The van der Waals surface area contributed by atoms with Crippen LogP contribution >= 0.6 is 0 Å². The summed E-state index contributed by atoms with van der Waals surface area (Å²) in [5.74, 6) is 0. The molecule has 1 heteroatoms. The van der Waals surface area contributed by atoms with E-state index in [1.54, 1.807) is 0 Å². The van der Waals surface area contributed by atoms with Gasteiger partial charge in [-0.25, -0.2) is 0 Å². The van der Waals surface area contributed by atoms with Gasteiger partial charge in [-0.3, -0.25) is 0 Å². The Kier molecular flexibility index (Phi) is 6.59. The standard InChI is InChI=1S/C47H29N/c48-30-31-26-38(32-12-4-1-5-13-32)28-39(27-31)33-22-24-35(25-23-33)42-29-43(34-14-6-2-7-15-34)46-40-20-10-18-36-19-11-21-41(44(36)40)47(46)45(42)37-16-8-3-9-17-37/h1-29H. The zero-order valence-electron chi connectivity index (χ0n) is 26.2. The summed E-state index contributed by atoms with van der Waals surface area (Å²) in [5, 5.41) is 12.5. The Balaban J connectivity index is 1.28. The summed E-state index contributed by atoms with van der Waals surface area (Å²) in [6, 6.07) is 65.0. The number of nitrogens with zero attached hydrogens (tertiary/aromatic N) is 1. The first-order chi connectivity index (χ1) is 23.8. The van der Waals surface area contributed by atoms with Crippen LogP contribution in [0.1, 0.15) is 5.56 Å². The molecule has 8 aromatic rings. The van der Waals surface area contributed by atoms with Crippen molar-refractivity contribution < 1.29 is 0 Å². The molecule has 0 N–H and O–H groups in total. The molecule has 8 aromatic carbocycles. The number of nitriles is 1. The fraction of sp³-hybridized carbons (Fsp3) is 0. The predicted octanol–water partition coefficient (Wildman–Crippen LogP) is 12.7. The molecule has 1 aliphatic carbocycles. The topological polar surface area (TPSA) is 23.8 Å². The van der Waals surface area contributed by atoms with Crippen LogP contribution in [0.25, 0.3) is 88.7 Å². The van der Waals surface area contributed by atoms with Gasteiger partial charge in [0.25, 0.3) is 0 Å². The highest BCUT2D eigenvalue weighted by atomic mass is 14.3. The van der Waals surface area contributed by atoms with Crippen molar-refractivity contribution in [1.82, 2.24) is 0 Å². The second kappa shape index (κ2) is 11.4. The normalized spacial score (nSPS) is 11.3. The number of fused-ring (bicyclic) bond motifs is 3. The smallest absolute Gasteiger partial charge is 0.0992 e. The van der Waals surface area contributed by atoms with Gasteiger partial charge in [0.1, 0.15) is 0 Å². The zero-order valence-corrected chi connectivity index (χ0v) is 26.2. The van der Waals surface area contributed by atoms with E-state index in [4.69, 9.17) is 0 Å². The van der Waals surface area contributed by atoms with Crippen LogP contribution in [0.5, 0.6) is 0 Å². The van der Waals surface area contributed by atoms with Crippen molar-refractivity contribution in [1.29, 1.82) is 5.26 Å². The Morgan fingerprint density at radius 1 is 0.312 bits per heavy atom. The molecule has 1 aliphatic rings. The molecule has 0 unspecified atom stereocenters. The summed E-state index contributed by atoms with van der Waals surface area (Å²) in [4.78, 5) is 0. The molecule has 222 valence electrons. The third kappa shape index (κ3) is 4.55. The van der Waals surface area contributed by atoms with Crippen LogP contribution in [0.3, 0.4) is 0 Å². The summed E-state index contributed by atoms with van der Waals surface area (Å²) in [6.07, 6.45) is 0. The minimum Gasteiger partial charge on any atom is -0.192 e. The molecular weight excluding hydrogens is 579 g/mol. The molecule has 0 aromatic heterocycles. The Morgan fingerprint density at radius 2 is 0.792 bits per heavy atom. The van der Waals surface area contributed by atoms with E-state index in [1.165, 1.54) is 60.8 Å². The summed E-state index contributed by atoms with van der Waals surface area (Å²) in [6.45, 7) is 0. The number of hydrogen-bond donors (Lipinski definition) is 0. The first-order valence-corrected chi connectivity index (χ1v) is 16.3. The molecule has 0 radical (unpaired) electrons. The van der Waals surface area contributed by atoms with Gasteiger partial charge in [-0.05, 0) is 113 Å². The molecule has 1 nitrogen and oxygen atoms in total. The Morgan fingerprint density at radius 3 is 1.40 bits per heavy atom. The maximum atomic E-state index is 9.88. The van der Waals surface area contributed by atoms with Crippen molar-refractivity contribution >= 4 is 10.8 Å². The SMILES string of the molecule is N#Cc1cc(-c2ccccc2)cc(-c2ccc(-c3cc(-c4ccccc4)c4c(c3-c3ccccc3)-c3cccc5cccc-4c35)cc2)c1. The van der Waals surface area contributed by atoms with Crippen LogP contribution in [-0.4, -0.2) is 0 Å². The number of benzene rings is 8. The average molecular weight is 608 g/mol. The summed E-state index contributed by atoms with van der Waals surface area (Å²) in [7, 11) is 0. The molecular formula is C47H29N. The van der Waals surface area contributed by atoms with Gasteiger partial charge in [-0.1, -0.05) is 152 Å². The predicted molar refractivity (Wildman–Crippen MR) is 200 cm³/mol. The van der Waals surface area contributed by atoms with E-state index in [0.717, 1.165) is 27.8 Å². The van der Waals surface area contributed by atoms with Gasteiger partial charge in [0, 0.05) is 0 Å². The van der Waals surface area contributed by atoms with E-state index < -0.39 is 0 Å². The maximum absolute atomic E-state index is 9.88. The van der Waals surface area contributed by atoms with Gasteiger partial charge in [-0.2, -0.15) is 5.26 Å². The van der Waals surface area contributed by atoms with E-state index in [2.05, 4.69) is 152 Å². The van der Waals surface area contributed by atoms with Crippen molar-refractivity contribution in [3.8, 4) is 84.0 Å². The molecule has 0 aliphatic heterocycles. The first kappa shape index (κ1) is 27.8. The lowest BCUT2D eigenvalue weighted by Crippen LogP contribution is -1.94. The van der Waals surface area contributed by atoms with Gasteiger partial charge in [0.15, 0.2) is 0 Å². The summed E-state index contributed by atoms with van der Waals surface area (Å²) in [5.41, 5.74) is 17.3. The molecule has 0 amide bonds. The van der Waals surface area contributed by atoms with Gasteiger partial charge in [-0.15, -0.1) is 0 Å². The van der Waals surface area contributed by atoms with Crippen LogP contribution in [0.15, 0.2) is 176 Å². The molecule has 0 saturated carbocycles. The monoisotopic (exact) mass is 607 g/mol. The quantitative estimate of drug-likeness (QED) is 0.191. The first-order valence-electron chi connectivity index (χ1n) is 16.3. The lowest BCUT2D eigenvalue weighted by molar-refractivity contribution is 1.48. The number of rotatable bonds is 5. The van der Waals surface area contributed by atoms with Crippen molar-refractivity contribution in [2.24, 2.45) is 0 Å². The third-order valence-electron chi connectivity index (χ3n) is 9.62. The lowest BCUT2D eigenvalue weighted by Gasteiger charge is -2.21. The van der Waals surface area contributed by atoms with E-state index in [0.29, 0.717) is 5.56 Å². The second-order valence-corrected chi connectivity index (χ2v) is 12.4. The zero-order chi connectivity index (χ0) is 32.0. The molecule has 0 fully saturated rings. The van der Waals surface area contributed by atoms with Gasteiger partial charge < -0.3 is 0 Å².